The molecule has 2 saturated heterocycles. The number of hydrogen-bond donors (Lipinski definition) is 3. The third-order valence-corrected chi connectivity index (χ3v) is 9.36. The number of amides is 4. The van der Waals surface area contributed by atoms with E-state index in [1.54, 1.807) is 22.9 Å². The summed E-state index contributed by atoms with van der Waals surface area (Å²) in [5, 5.41) is 9.75. The smallest absolute Gasteiger partial charge is 0.246 e. The number of carbonyl (C=O) groups is 5. The van der Waals surface area contributed by atoms with Gasteiger partial charge in [-0.3, -0.25) is 24.0 Å². The Bertz CT molecular complexity index is 1370. The maximum atomic E-state index is 14.0. The molecule has 1 aromatic carbocycles. The highest BCUT2D eigenvalue weighted by molar-refractivity contribution is 5.98. The highest BCUT2D eigenvalue weighted by atomic mass is 16.6. The van der Waals surface area contributed by atoms with Crippen LogP contribution in [0.5, 0.6) is 0 Å². The molecule has 4 amide bonds. The first-order chi connectivity index (χ1) is 21.7. The Labute approximate surface area is 265 Å². The maximum Gasteiger partial charge on any atom is 0.246 e. The van der Waals surface area contributed by atoms with E-state index in [1.165, 1.54) is 0 Å². The number of para-hydroxylation sites is 1. The van der Waals surface area contributed by atoms with Crippen molar-refractivity contribution in [2.45, 2.75) is 116 Å². The first-order valence-corrected chi connectivity index (χ1v) is 16.5. The standard InChI is InChI=1S/C34H49N5O6/c1-5-22(3)30-34(44)38-19-13-12-18-29(38)33(43)35-26(16-9-7-8-14-24(40)6-2)31(41)36-27(32(42)37-30)20-23-21-39(45-4)28-17-11-10-15-25(23)28/h10-11,15,17,21-22,26-27,29-30H,5-9,12-14,16,18-20H2,1-4H3,(H,35,43)(H,36,41)(H,37,42)/t22-,26?,27?,29?,30-/m0/s1. The lowest BCUT2D eigenvalue weighted by molar-refractivity contribution is -0.147. The topological polar surface area (TPSA) is 139 Å². The molecule has 11 heteroatoms. The minimum Gasteiger partial charge on any atom is -0.417 e. The van der Waals surface area contributed by atoms with Crippen molar-refractivity contribution in [1.82, 2.24) is 25.6 Å². The summed E-state index contributed by atoms with van der Waals surface area (Å²) in [6.07, 6.45) is 8.07. The summed E-state index contributed by atoms with van der Waals surface area (Å²) in [5.41, 5.74) is 1.62. The molecule has 2 aliphatic heterocycles. The fourth-order valence-electron chi connectivity index (χ4n) is 6.38. The van der Waals surface area contributed by atoms with Gasteiger partial charge in [-0.15, -0.1) is 0 Å². The summed E-state index contributed by atoms with van der Waals surface area (Å²) in [4.78, 5) is 74.5. The average molecular weight is 624 g/mol. The second-order valence-electron chi connectivity index (χ2n) is 12.4. The van der Waals surface area contributed by atoms with Crippen molar-refractivity contribution in [3.63, 3.8) is 0 Å². The zero-order chi connectivity index (χ0) is 32.5. The molecule has 0 saturated carbocycles. The van der Waals surface area contributed by atoms with Crippen molar-refractivity contribution in [2.24, 2.45) is 5.92 Å². The Morgan fingerprint density at radius 3 is 2.42 bits per heavy atom. The van der Waals surface area contributed by atoms with Crippen LogP contribution in [0.15, 0.2) is 30.5 Å². The predicted octanol–water partition coefficient (Wildman–Crippen LogP) is 3.07. The summed E-state index contributed by atoms with van der Waals surface area (Å²) < 4.78 is 1.62. The summed E-state index contributed by atoms with van der Waals surface area (Å²) in [5.74, 6) is -1.50. The van der Waals surface area contributed by atoms with Gasteiger partial charge in [-0.2, -0.15) is 4.73 Å². The molecule has 246 valence electrons. The Balaban J connectivity index is 1.66. The number of unbranched alkanes of at least 4 members (excludes halogenated alkanes) is 2. The second kappa shape index (κ2) is 15.9. The van der Waals surface area contributed by atoms with Gasteiger partial charge >= 0.3 is 0 Å². The molecule has 11 nitrogen and oxygen atoms in total. The fourth-order valence-corrected chi connectivity index (χ4v) is 6.38. The molecule has 45 heavy (non-hydrogen) atoms. The van der Waals surface area contributed by atoms with Crippen LogP contribution in [0.25, 0.3) is 10.9 Å². The van der Waals surface area contributed by atoms with Crippen LogP contribution in [0.2, 0.25) is 0 Å². The number of hydrogen-bond acceptors (Lipinski definition) is 6. The quantitative estimate of drug-likeness (QED) is 0.311. The van der Waals surface area contributed by atoms with Gasteiger partial charge < -0.3 is 25.7 Å². The van der Waals surface area contributed by atoms with Crippen LogP contribution >= 0.6 is 0 Å². The molecule has 3 unspecified atom stereocenters. The third kappa shape index (κ3) is 8.23. The van der Waals surface area contributed by atoms with Crippen LogP contribution in [0, 0.1) is 5.92 Å². The van der Waals surface area contributed by atoms with Gasteiger partial charge in [-0.1, -0.05) is 58.2 Å². The van der Waals surface area contributed by atoms with E-state index in [4.69, 9.17) is 4.84 Å². The van der Waals surface area contributed by atoms with Gasteiger partial charge in [-0.25, -0.2) is 0 Å². The Morgan fingerprint density at radius 1 is 0.956 bits per heavy atom. The van der Waals surface area contributed by atoms with Crippen molar-refractivity contribution in [3.8, 4) is 0 Å². The number of carbonyl (C=O) groups excluding carboxylic acids is 5. The molecule has 0 aliphatic carbocycles. The highest BCUT2D eigenvalue weighted by Crippen LogP contribution is 2.24. The lowest BCUT2D eigenvalue weighted by Crippen LogP contribution is -2.64. The predicted molar refractivity (Wildman–Crippen MR) is 171 cm³/mol. The largest absolute Gasteiger partial charge is 0.417 e. The van der Waals surface area contributed by atoms with E-state index in [0.29, 0.717) is 51.5 Å². The van der Waals surface area contributed by atoms with Gasteiger partial charge in [0.15, 0.2) is 0 Å². The van der Waals surface area contributed by atoms with Crippen LogP contribution in [-0.4, -0.2) is 76.9 Å². The first kappa shape index (κ1) is 34.0. The van der Waals surface area contributed by atoms with Crippen molar-refractivity contribution in [3.05, 3.63) is 36.0 Å². The van der Waals surface area contributed by atoms with E-state index in [2.05, 4.69) is 16.0 Å². The monoisotopic (exact) mass is 623 g/mol. The number of aromatic nitrogens is 1. The summed E-state index contributed by atoms with van der Waals surface area (Å²) >= 11 is 0. The zero-order valence-electron chi connectivity index (χ0n) is 27.1. The Kier molecular flexibility index (Phi) is 12.0. The van der Waals surface area contributed by atoms with Gasteiger partial charge in [0.2, 0.25) is 23.6 Å². The first-order valence-electron chi connectivity index (χ1n) is 16.5. The summed E-state index contributed by atoms with van der Waals surface area (Å²) in [7, 11) is 1.56. The normalized spacial score (nSPS) is 23.7. The molecule has 2 aliphatic rings. The van der Waals surface area contributed by atoms with Crippen LogP contribution in [-0.2, 0) is 30.4 Å². The van der Waals surface area contributed by atoms with Crippen LogP contribution in [0.3, 0.4) is 0 Å². The Hall–Kier alpha value is -3.89. The van der Waals surface area contributed by atoms with E-state index in [0.717, 1.165) is 35.7 Å². The molecule has 3 heterocycles. The number of nitrogens with one attached hydrogen (secondary N) is 3. The molecule has 4 rings (SSSR count). The lowest BCUT2D eigenvalue weighted by atomic mass is 9.93. The van der Waals surface area contributed by atoms with Crippen LogP contribution in [0.1, 0.15) is 90.5 Å². The molecular weight excluding hydrogens is 574 g/mol. The molecule has 0 bridgehead atoms. The van der Waals surface area contributed by atoms with E-state index < -0.39 is 36.0 Å². The summed E-state index contributed by atoms with van der Waals surface area (Å²) in [6, 6.07) is 4.20. The zero-order valence-corrected chi connectivity index (χ0v) is 27.1. The SMILES string of the molecule is CCC(=O)CCCCCC1NC(=O)C2CCCCN2C(=O)[C@H]([C@@H](C)CC)NC(=O)C(Cc2cn(OC)c3ccccc23)NC1=O. The molecule has 2 fully saturated rings. The van der Waals surface area contributed by atoms with Gasteiger partial charge in [0.1, 0.15) is 37.1 Å². The number of benzene rings is 1. The van der Waals surface area contributed by atoms with Crippen molar-refractivity contribution >= 4 is 40.3 Å². The van der Waals surface area contributed by atoms with Gasteiger partial charge in [0.25, 0.3) is 0 Å². The Morgan fingerprint density at radius 2 is 1.69 bits per heavy atom. The number of rotatable bonds is 12. The van der Waals surface area contributed by atoms with Crippen molar-refractivity contribution in [1.29, 1.82) is 0 Å². The molecule has 0 radical (unpaired) electrons. The molecule has 0 spiro atoms. The van der Waals surface area contributed by atoms with Gasteiger partial charge in [-0.05, 0) is 49.7 Å². The number of fused-ring (bicyclic) bond motifs is 2. The minimum absolute atomic E-state index is 0.155. The number of nitrogens with zero attached hydrogens (tertiary/aromatic N) is 2. The third-order valence-electron chi connectivity index (χ3n) is 9.36. The van der Waals surface area contributed by atoms with Gasteiger partial charge in [0.05, 0.1) is 5.52 Å². The second-order valence-corrected chi connectivity index (χ2v) is 12.4. The van der Waals surface area contributed by atoms with E-state index in [1.807, 2.05) is 45.0 Å². The average Bonchev–Trinajstić information content (AvgIpc) is 3.41. The number of ketones is 1. The molecule has 3 N–H and O–H groups in total. The van der Waals surface area contributed by atoms with Crippen LogP contribution < -0.4 is 20.8 Å². The molecule has 2 aromatic rings. The minimum atomic E-state index is -1.01. The summed E-state index contributed by atoms with van der Waals surface area (Å²) in [6.45, 7) is 6.14. The highest BCUT2D eigenvalue weighted by Gasteiger charge is 2.40. The lowest BCUT2D eigenvalue weighted by Gasteiger charge is -2.39. The van der Waals surface area contributed by atoms with E-state index in [-0.39, 0.29) is 29.9 Å². The van der Waals surface area contributed by atoms with Crippen molar-refractivity contribution in [2.75, 3.05) is 13.7 Å². The van der Waals surface area contributed by atoms with Gasteiger partial charge in [0, 0.05) is 37.4 Å². The molecular formula is C34H49N5O6. The molecule has 1 aromatic heterocycles. The maximum absolute atomic E-state index is 14.0. The van der Waals surface area contributed by atoms with E-state index >= 15 is 0 Å². The van der Waals surface area contributed by atoms with E-state index in [9.17, 15) is 24.0 Å². The molecule has 5 atom stereocenters. The number of piperidine rings is 1. The van der Waals surface area contributed by atoms with Crippen LogP contribution in [0.4, 0.5) is 0 Å². The fraction of sp³-hybridized carbons (Fsp3) is 0.618. The number of Topliss-reactive ketones (excluding diaryl/α,β-unsaturated/α-hetero) is 1. The van der Waals surface area contributed by atoms with Crippen molar-refractivity contribution < 1.29 is 28.8 Å².